The number of hydrogen-bond donors (Lipinski definition) is 1. The predicted octanol–water partition coefficient (Wildman–Crippen LogP) is 9.28. The number of phenolic OH excluding ortho intramolecular Hbond substituents is 1. The van der Waals surface area contributed by atoms with Crippen molar-refractivity contribution in [1.29, 1.82) is 0 Å². The molecule has 1 atom stereocenters. The van der Waals surface area contributed by atoms with Crippen molar-refractivity contribution in [3.05, 3.63) is 157 Å². The van der Waals surface area contributed by atoms with Gasteiger partial charge in [0.1, 0.15) is 11.6 Å². The summed E-state index contributed by atoms with van der Waals surface area (Å²) in [6, 6.07) is 47.1. The van der Waals surface area contributed by atoms with Gasteiger partial charge in [-0.2, -0.15) is 0 Å². The summed E-state index contributed by atoms with van der Waals surface area (Å²) in [5.41, 5.74) is 10.1. The molecule has 4 nitrogen and oxygen atoms in total. The quantitative estimate of drug-likeness (QED) is 0.227. The average molecular weight is 544 g/mol. The summed E-state index contributed by atoms with van der Waals surface area (Å²) < 4.78 is 2.12. The second-order valence-electron chi connectivity index (χ2n) is 10.5. The van der Waals surface area contributed by atoms with Crippen LogP contribution < -0.4 is 0 Å². The number of nitrogens with zero attached hydrogens (tertiary/aromatic N) is 3. The second kappa shape index (κ2) is 10.8. The van der Waals surface area contributed by atoms with Crippen molar-refractivity contribution < 1.29 is 5.11 Å². The minimum absolute atomic E-state index is 0.198. The number of benzene rings is 5. The Bertz CT molecular complexity index is 2010. The van der Waals surface area contributed by atoms with Crippen molar-refractivity contribution in [3.63, 3.8) is 0 Å². The van der Waals surface area contributed by atoms with Crippen LogP contribution in [0.4, 0.5) is 0 Å². The zero-order valence-corrected chi connectivity index (χ0v) is 23.2. The molecule has 4 heteroatoms. The van der Waals surface area contributed by atoms with E-state index < -0.39 is 0 Å². The molecular weight excluding hydrogens is 514 g/mol. The van der Waals surface area contributed by atoms with Gasteiger partial charge < -0.3 is 5.11 Å². The third-order valence-corrected chi connectivity index (χ3v) is 7.90. The van der Waals surface area contributed by atoms with Crippen LogP contribution in [-0.4, -0.2) is 19.6 Å². The number of phenols is 1. The molecule has 0 bridgehead atoms. The summed E-state index contributed by atoms with van der Waals surface area (Å²) in [4.78, 5) is 9.90. The summed E-state index contributed by atoms with van der Waals surface area (Å²) in [5.74, 6) is 1.16. The third-order valence-electron chi connectivity index (χ3n) is 7.90. The molecule has 0 spiro atoms. The van der Waals surface area contributed by atoms with E-state index >= 15 is 0 Å². The van der Waals surface area contributed by atoms with E-state index in [4.69, 9.17) is 9.97 Å². The van der Waals surface area contributed by atoms with E-state index in [0.717, 1.165) is 39.1 Å². The van der Waals surface area contributed by atoms with E-state index in [-0.39, 0.29) is 11.7 Å². The van der Waals surface area contributed by atoms with Gasteiger partial charge in [-0.3, -0.25) is 9.55 Å². The lowest BCUT2D eigenvalue weighted by Gasteiger charge is -2.14. The van der Waals surface area contributed by atoms with Crippen LogP contribution in [0.5, 0.6) is 5.75 Å². The Morgan fingerprint density at radius 2 is 1.31 bits per heavy atom. The Morgan fingerprint density at radius 1 is 0.619 bits per heavy atom. The van der Waals surface area contributed by atoms with E-state index in [0.29, 0.717) is 11.4 Å². The van der Waals surface area contributed by atoms with E-state index in [9.17, 15) is 5.11 Å². The Kier molecular flexibility index (Phi) is 6.57. The normalized spacial score (nSPS) is 11.9. The van der Waals surface area contributed by atoms with Crippen molar-refractivity contribution >= 4 is 11.0 Å². The molecule has 0 amide bonds. The highest BCUT2D eigenvalue weighted by Gasteiger charge is 2.19. The molecule has 2 aromatic heterocycles. The average Bonchev–Trinajstić information content (AvgIpc) is 3.45. The number of aromatic nitrogens is 3. The number of para-hydroxylation sites is 3. The molecule has 0 aliphatic heterocycles. The predicted molar refractivity (Wildman–Crippen MR) is 171 cm³/mol. The molecule has 1 unspecified atom stereocenters. The lowest BCUT2D eigenvalue weighted by atomic mass is 9.92. The van der Waals surface area contributed by atoms with Gasteiger partial charge in [0.25, 0.3) is 0 Å². The van der Waals surface area contributed by atoms with Gasteiger partial charge in [0.05, 0.1) is 22.3 Å². The molecule has 0 radical (unpaired) electrons. The molecule has 7 aromatic rings. The zero-order chi connectivity index (χ0) is 28.5. The number of aromatic hydroxyl groups is 1. The fourth-order valence-electron chi connectivity index (χ4n) is 5.67. The van der Waals surface area contributed by atoms with Gasteiger partial charge in [0.15, 0.2) is 0 Å². The van der Waals surface area contributed by atoms with Crippen molar-refractivity contribution in [2.75, 3.05) is 0 Å². The minimum atomic E-state index is 0.198. The standard InChI is InChI=1S/C38H29N3O/c1-26(27-12-4-2-5-13-27)28-22-23-39-34(25-28)30-15-10-14-29(24-30)32-19-11-20-35-37(32)40-38(33-18-8-9-21-36(33)42)41(35)31-16-6-3-7-17-31/h2-26,42H,1H3. The number of fused-ring (bicyclic) bond motifs is 1. The molecule has 0 fully saturated rings. The Labute approximate surface area is 245 Å². The Balaban J connectivity index is 1.36. The molecule has 5 aromatic carbocycles. The molecule has 7 rings (SSSR count). The van der Waals surface area contributed by atoms with Gasteiger partial charge in [-0.15, -0.1) is 0 Å². The van der Waals surface area contributed by atoms with Crippen LogP contribution in [0.25, 0.3) is 50.5 Å². The van der Waals surface area contributed by atoms with Crippen molar-refractivity contribution in [2.24, 2.45) is 0 Å². The summed E-state index contributed by atoms with van der Waals surface area (Å²) >= 11 is 0. The van der Waals surface area contributed by atoms with E-state index in [2.05, 4.69) is 109 Å². The maximum absolute atomic E-state index is 10.8. The van der Waals surface area contributed by atoms with Crippen LogP contribution in [0.1, 0.15) is 24.0 Å². The first kappa shape index (κ1) is 25.5. The molecule has 0 saturated carbocycles. The number of hydrogen-bond acceptors (Lipinski definition) is 3. The molecule has 1 N–H and O–H groups in total. The number of pyridine rings is 1. The lowest BCUT2D eigenvalue weighted by molar-refractivity contribution is 0.477. The van der Waals surface area contributed by atoms with Crippen LogP contribution in [0.15, 0.2) is 146 Å². The first-order valence-electron chi connectivity index (χ1n) is 14.1. The van der Waals surface area contributed by atoms with Crippen molar-refractivity contribution in [2.45, 2.75) is 12.8 Å². The fraction of sp³-hybridized carbons (Fsp3) is 0.0526. The van der Waals surface area contributed by atoms with Gasteiger partial charge in [-0.05, 0) is 65.2 Å². The lowest BCUT2D eigenvalue weighted by Crippen LogP contribution is -1.97. The fourth-order valence-corrected chi connectivity index (χ4v) is 5.67. The monoisotopic (exact) mass is 543 g/mol. The zero-order valence-electron chi connectivity index (χ0n) is 23.2. The van der Waals surface area contributed by atoms with E-state index in [1.54, 1.807) is 6.07 Å². The molecule has 42 heavy (non-hydrogen) atoms. The summed E-state index contributed by atoms with van der Waals surface area (Å²) in [7, 11) is 0. The highest BCUT2D eigenvalue weighted by Crippen LogP contribution is 2.38. The highest BCUT2D eigenvalue weighted by molar-refractivity contribution is 5.96. The third kappa shape index (κ3) is 4.63. The van der Waals surface area contributed by atoms with Gasteiger partial charge in [0, 0.05) is 28.9 Å². The highest BCUT2D eigenvalue weighted by atomic mass is 16.3. The maximum Gasteiger partial charge on any atom is 0.149 e. The van der Waals surface area contributed by atoms with E-state index in [1.807, 2.05) is 42.6 Å². The van der Waals surface area contributed by atoms with Crippen LogP contribution in [-0.2, 0) is 0 Å². The number of imidazole rings is 1. The molecule has 0 aliphatic rings. The summed E-state index contributed by atoms with van der Waals surface area (Å²) in [6.45, 7) is 2.23. The smallest absolute Gasteiger partial charge is 0.149 e. The van der Waals surface area contributed by atoms with Crippen molar-refractivity contribution in [1.82, 2.24) is 14.5 Å². The molecule has 2 heterocycles. The van der Waals surface area contributed by atoms with Crippen LogP contribution in [0, 0.1) is 0 Å². The summed E-state index contributed by atoms with van der Waals surface area (Å²) in [6.07, 6.45) is 1.90. The molecule has 0 saturated heterocycles. The van der Waals surface area contributed by atoms with Gasteiger partial charge in [-0.1, -0.05) is 97.9 Å². The van der Waals surface area contributed by atoms with E-state index in [1.165, 1.54) is 11.1 Å². The molecular formula is C38H29N3O. The SMILES string of the molecule is CC(c1ccccc1)c1ccnc(-c2cccc(-c3cccc4c3nc(-c3ccccc3O)n4-c3ccccc3)c2)c1. The largest absolute Gasteiger partial charge is 0.507 e. The molecule has 0 aliphatic carbocycles. The van der Waals surface area contributed by atoms with Gasteiger partial charge >= 0.3 is 0 Å². The first-order chi connectivity index (χ1) is 20.7. The first-order valence-corrected chi connectivity index (χ1v) is 14.1. The summed E-state index contributed by atoms with van der Waals surface area (Å²) in [5, 5.41) is 10.8. The van der Waals surface area contributed by atoms with Crippen LogP contribution in [0.3, 0.4) is 0 Å². The maximum atomic E-state index is 10.8. The second-order valence-corrected chi connectivity index (χ2v) is 10.5. The van der Waals surface area contributed by atoms with Gasteiger partial charge in [-0.25, -0.2) is 4.98 Å². The minimum Gasteiger partial charge on any atom is -0.507 e. The Hall–Kier alpha value is -5.48. The topological polar surface area (TPSA) is 50.9 Å². The van der Waals surface area contributed by atoms with Crippen molar-refractivity contribution in [3.8, 4) is 45.2 Å². The van der Waals surface area contributed by atoms with Gasteiger partial charge in [0.2, 0.25) is 0 Å². The van der Waals surface area contributed by atoms with Crippen LogP contribution in [0.2, 0.25) is 0 Å². The van der Waals surface area contributed by atoms with Crippen LogP contribution >= 0.6 is 0 Å². The molecule has 202 valence electrons. The number of rotatable bonds is 6. The Morgan fingerprint density at radius 3 is 2.12 bits per heavy atom.